The second kappa shape index (κ2) is 5.75. The van der Waals surface area contributed by atoms with Gasteiger partial charge < -0.3 is 4.52 Å². The van der Waals surface area contributed by atoms with E-state index >= 15 is 0 Å². The summed E-state index contributed by atoms with van der Waals surface area (Å²) in [6, 6.07) is 6.00. The van der Waals surface area contributed by atoms with Gasteiger partial charge in [0.2, 0.25) is 5.89 Å². The van der Waals surface area contributed by atoms with Crippen molar-refractivity contribution >= 4 is 27.5 Å². The second-order valence-corrected chi connectivity index (χ2v) is 7.20. The van der Waals surface area contributed by atoms with E-state index in [-0.39, 0.29) is 0 Å². The topological polar surface area (TPSA) is 87.5 Å². The first-order valence-corrected chi connectivity index (χ1v) is 9.00. The van der Waals surface area contributed by atoms with Crippen LogP contribution in [-0.2, 0) is 13.0 Å². The lowest BCUT2D eigenvalue weighted by atomic mass is 10.1. The third kappa shape index (κ3) is 2.46. The number of aryl methyl sites for hydroxylation is 1. The number of rotatable bonds is 2. The van der Waals surface area contributed by atoms with Crippen molar-refractivity contribution in [3.63, 3.8) is 0 Å². The van der Waals surface area contributed by atoms with Crippen LogP contribution in [0, 0.1) is 6.92 Å². The molecule has 0 atom stereocenters. The van der Waals surface area contributed by atoms with Crippen LogP contribution in [0.4, 0.5) is 0 Å². The minimum Gasteiger partial charge on any atom is -0.340 e. The lowest BCUT2D eigenvalue weighted by Crippen LogP contribution is -2.05. The fraction of sp³-hybridized carbons (Fsp3) is 0.188. The standard InChI is InChI=1S/C16H11BrClN7O/c1-8-20-14(23-26-8)5-13-21-16-10-4-9(17)2-3-11(10)24-7-19-15(18)12(24)6-25(16)22-13/h2-4,7H,5-6H2,1H3. The molecule has 0 unspecified atom stereocenters. The van der Waals surface area contributed by atoms with Gasteiger partial charge in [0.1, 0.15) is 6.33 Å². The Morgan fingerprint density at radius 1 is 1.27 bits per heavy atom. The first-order chi connectivity index (χ1) is 12.6. The molecule has 1 aromatic carbocycles. The highest BCUT2D eigenvalue weighted by Crippen LogP contribution is 2.34. The van der Waals surface area contributed by atoms with Gasteiger partial charge in [-0.3, -0.25) is 4.57 Å². The number of hydrogen-bond acceptors (Lipinski definition) is 6. The molecule has 1 aliphatic rings. The molecular formula is C16H11BrClN7O. The zero-order valence-corrected chi connectivity index (χ0v) is 15.9. The summed E-state index contributed by atoms with van der Waals surface area (Å²) in [5.41, 5.74) is 2.76. The average Bonchev–Trinajstić information content (AvgIpc) is 3.28. The molecule has 0 fully saturated rings. The summed E-state index contributed by atoms with van der Waals surface area (Å²) in [6.07, 6.45) is 2.12. The molecule has 8 nitrogen and oxygen atoms in total. The molecule has 26 heavy (non-hydrogen) atoms. The molecule has 0 amide bonds. The summed E-state index contributed by atoms with van der Waals surface area (Å²) < 4.78 is 9.79. The van der Waals surface area contributed by atoms with Crippen molar-refractivity contribution in [3.8, 4) is 17.1 Å². The van der Waals surface area contributed by atoms with Crippen LogP contribution in [0.1, 0.15) is 23.2 Å². The van der Waals surface area contributed by atoms with E-state index in [1.807, 2.05) is 27.4 Å². The van der Waals surface area contributed by atoms with Gasteiger partial charge in [-0.2, -0.15) is 10.1 Å². The number of nitrogens with zero attached hydrogens (tertiary/aromatic N) is 7. The molecule has 0 bridgehead atoms. The predicted octanol–water partition coefficient (Wildman–Crippen LogP) is 3.19. The van der Waals surface area contributed by atoms with Crippen molar-refractivity contribution in [1.29, 1.82) is 0 Å². The zero-order chi connectivity index (χ0) is 17.8. The molecule has 130 valence electrons. The van der Waals surface area contributed by atoms with E-state index in [9.17, 15) is 0 Å². The van der Waals surface area contributed by atoms with E-state index in [0.29, 0.717) is 35.7 Å². The Morgan fingerprint density at radius 2 is 2.15 bits per heavy atom. The third-order valence-electron chi connectivity index (χ3n) is 4.18. The van der Waals surface area contributed by atoms with Crippen molar-refractivity contribution in [2.75, 3.05) is 0 Å². The van der Waals surface area contributed by atoms with Crippen LogP contribution >= 0.6 is 27.5 Å². The predicted molar refractivity (Wildman–Crippen MR) is 96.2 cm³/mol. The lowest BCUT2D eigenvalue weighted by molar-refractivity contribution is 0.388. The van der Waals surface area contributed by atoms with Gasteiger partial charge in [-0.15, -0.1) is 0 Å². The van der Waals surface area contributed by atoms with Gasteiger partial charge in [0.05, 0.1) is 24.3 Å². The summed E-state index contributed by atoms with van der Waals surface area (Å²) in [4.78, 5) is 13.2. The Labute approximate surface area is 161 Å². The number of hydrogen-bond donors (Lipinski definition) is 0. The maximum Gasteiger partial charge on any atom is 0.223 e. The minimum absolute atomic E-state index is 0.396. The van der Waals surface area contributed by atoms with Gasteiger partial charge in [0.25, 0.3) is 0 Å². The first-order valence-electron chi connectivity index (χ1n) is 7.83. The van der Waals surface area contributed by atoms with Crippen molar-refractivity contribution in [3.05, 3.63) is 57.4 Å². The average molecular weight is 433 g/mol. The molecule has 4 aromatic rings. The maximum atomic E-state index is 6.30. The van der Waals surface area contributed by atoms with Gasteiger partial charge in [-0.05, 0) is 18.2 Å². The van der Waals surface area contributed by atoms with Crippen molar-refractivity contribution in [2.24, 2.45) is 0 Å². The van der Waals surface area contributed by atoms with E-state index in [4.69, 9.17) is 21.1 Å². The SMILES string of the molecule is Cc1nc(Cc2nc3n(n2)Cc2c(Cl)ncn2-c2ccc(Br)cc2-3)no1. The molecule has 10 heteroatoms. The monoisotopic (exact) mass is 431 g/mol. The number of halogens is 2. The van der Waals surface area contributed by atoms with Gasteiger partial charge in [0.15, 0.2) is 22.6 Å². The number of aromatic nitrogens is 7. The Balaban J connectivity index is 1.67. The normalized spacial score (nSPS) is 12.4. The Morgan fingerprint density at radius 3 is 2.96 bits per heavy atom. The van der Waals surface area contributed by atoms with Crippen molar-refractivity contribution in [1.82, 2.24) is 34.5 Å². The fourth-order valence-electron chi connectivity index (χ4n) is 3.07. The van der Waals surface area contributed by atoms with E-state index in [1.165, 1.54) is 0 Å². The molecule has 0 radical (unpaired) electrons. The zero-order valence-electron chi connectivity index (χ0n) is 13.5. The molecule has 1 aliphatic heterocycles. The second-order valence-electron chi connectivity index (χ2n) is 5.93. The molecule has 0 N–H and O–H groups in total. The van der Waals surface area contributed by atoms with E-state index in [0.717, 1.165) is 27.2 Å². The van der Waals surface area contributed by atoms with Crippen LogP contribution in [0.5, 0.6) is 0 Å². The largest absolute Gasteiger partial charge is 0.340 e. The van der Waals surface area contributed by atoms with Crippen LogP contribution in [0.25, 0.3) is 17.1 Å². The summed E-state index contributed by atoms with van der Waals surface area (Å²) in [5.74, 6) is 2.46. The molecule has 5 rings (SSSR count). The first kappa shape index (κ1) is 15.7. The van der Waals surface area contributed by atoms with Gasteiger partial charge in [-0.1, -0.05) is 32.7 Å². The van der Waals surface area contributed by atoms with E-state index < -0.39 is 0 Å². The molecule has 0 spiro atoms. The Bertz CT molecular complexity index is 1150. The van der Waals surface area contributed by atoms with Crippen LogP contribution in [0.15, 0.2) is 33.5 Å². The fourth-order valence-corrected chi connectivity index (χ4v) is 3.62. The van der Waals surface area contributed by atoms with Crippen molar-refractivity contribution in [2.45, 2.75) is 19.9 Å². The number of imidazole rings is 1. The number of fused-ring (bicyclic) bond motifs is 5. The van der Waals surface area contributed by atoms with Gasteiger partial charge in [0, 0.05) is 17.0 Å². The maximum absolute atomic E-state index is 6.30. The molecule has 0 saturated heterocycles. The third-order valence-corrected chi connectivity index (χ3v) is 4.98. The smallest absolute Gasteiger partial charge is 0.223 e. The molecular weight excluding hydrogens is 422 g/mol. The molecule has 3 aromatic heterocycles. The molecule has 4 heterocycles. The number of benzene rings is 1. The van der Waals surface area contributed by atoms with Crippen LogP contribution in [0.3, 0.4) is 0 Å². The van der Waals surface area contributed by atoms with Crippen LogP contribution in [0.2, 0.25) is 5.15 Å². The van der Waals surface area contributed by atoms with Gasteiger partial charge >= 0.3 is 0 Å². The van der Waals surface area contributed by atoms with Crippen LogP contribution in [-0.4, -0.2) is 34.5 Å². The van der Waals surface area contributed by atoms with Gasteiger partial charge in [-0.25, -0.2) is 14.6 Å². The highest BCUT2D eigenvalue weighted by atomic mass is 79.9. The van der Waals surface area contributed by atoms with Crippen molar-refractivity contribution < 1.29 is 4.52 Å². The highest BCUT2D eigenvalue weighted by molar-refractivity contribution is 9.10. The van der Waals surface area contributed by atoms with Crippen LogP contribution < -0.4 is 0 Å². The highest BCUT2D eigenvalue weighted by Gasteiger charge is 2.25. The summed E-state index contributed by atoms with van der Waals surface area (Å²) >= 11 is 9.83. The molecule has 0 aliphatic carbocycles. The quantitative estimate of drug-likeness (QED) is 0.426. The van der Waals surface area contributed by atoms with E-state index in [1.54, 1.807) is 13.3 Å². The minimum atomic E-state index is 0.396. The Kier molecular flexibility index (Phi) is 3.47. The Hall–Kier alpha value is -2.52. The summed E-state index contributed by atoms with van der Waals surface area (Å²) in [7, 11) is 0. The summed E-state index contributed by atoms with van der Waals surface area (Å²) in [5, 5.41) is 9.01. The summed E-state index contributed by atoms with van der Waals surface area (Å²) in [6.45, 7) is 2.22. The van der Waals surface area contributed by atoms with E-state index in [2.05, 4.69) is 36.2 Å². The lowest BCUT2D eigenvalue weighted by Gasteiger charge is -2.08. The molecule has 0 saturated carbocycles.